The van der Waals surface area contributed by atoms with E-state index in [1.165, 1.54) is 32.1 Å². The van der Waals surface area contributed by atoms with Gasteiger partial charge in [0.25, 0.3) is 0 Å². The van der Waals surface area contributed by atoms with E-state index >= 15 is 0 Å². The Morgan fingerprint density at radius 1 is 0.814 bits per heavy atom. The van der Waals surface area contributed by atoms with Crippen molar-refractivity contribution >= 4 is 51.9 Å². The Bertz CT molecular complexity index is 1460. The fourth-order valence-electron chi connectivity index (χ4n) is 5.57. The van der Waals surface area contributed by atoms with Crippen LogP contribution in [0.2, 0.25) is 15.5 Å². The first kappa shape index (κ1) is 33.7. The van der Waals surface area contributed by atoms with Crippen molar-refractivity contribution in [3.63, 3.8) is 0 Å². The molecule has 5 heterocycles. The minimum atomic E-state index is 0.356. The summed E-state index contributed by atoms with van der Waals surface area (Å²) in [6.07, 6.45) is 12.8. The second-order valence-corrected chi connectivity index (χ2v) is 13.1. The third-order valence-electron chi connectivity index (χ3n) is 8.23. The lowest BCUT2D eigenvalue weighted by molar-refractivity contribution is 0.0853. The van der Waals surface area contributed by atoms with Crippen LogP contribution in [-0.4, -0.2) is 68.6 Å². The lowest BCUT2D eigenvalue weighted by Gasteiger charge is -2.32. The third-order valence-corrected chi connectivity index (χ3v) is 8.89. The van der Waals surface area contributed by atoms with Crippen molar-refractivity contribution in [2.45, 2.75) is 96.6 Å². The Balaban J connectivity index is 0.000000165. The molecule has 0 bridgehead atoms. The topological polar surface area (TPSA) is 84.9 Å². The van der Waals surface area contributed by atoms with Gasteiger partial charge >= 0.3 is 0 Å². The van der Waals surface area contributed by atoms with Crippen molar-refractivity contribution in [1.29, 1.82) is 0 Å². The van der Waals surface area contributed by atoms with Crippen LogP contribution in [-0.2, 0) is 4.74 Å². The summed E-state index contributed by atoms with van der Waals surface area (Å²) in [6.45, 7) is 10.1. The molecule has 2 aliphatic rings. The number of nitrogens with zero attached hydrogens (tertiary/aromatic N) is 7. The number of ether oxygens (including phenoxy) is 1. The van der Waals surface area contributed by atoms with E-state index in [1.807, 2.05) is 16.8 Å². The maximum absolute atomic E-state index is 6.24. The second kappa shape index (κ2) is 15.7. The summed E-state index contributed by atoms with van der Waals surface area (Å²) < 4.78 is 8.93. The molecule has 1 aliphatic carbocycles. The monoisotopic (exact) mass is 650 g/mol. The van der Waals surface area contributed by atoms with Gasteiger partial charge in [0, 0.05) is 55.6 Å². The van der Waals surface area contributed by atoms with Gasteiger partial charge in [-0.05, 0) is 44.6 Å². The van der Waals surface area contributed by atoms with Crippen LogP contribution >= 0.6 is 34.8 Å². The molecule has 236 valence electrons. The van der Waals surface area contributed by atoms with Crippen LogP contribution in [0, 0.1) is 0 Å². The molecule has 43 heavy (non-hydrogen) atoms. The van der Waals surface area contributed by atoms with Crippen molar-refractivity contribution in [3.8, 4) is 0 Å². The molecule has 1 N–H and O–H groups in total. The molecule has 4 aromatic heterocycles. The summed E-state index contributed by atoms with van der Waals surface area (Å²) in [7, 11) is 4.16. The van der Waals surface area contributed by atoms with Gasteiger partial charge in [-0.1, -0.05) is 81.8 Å². The molecule has 0 spiro atoms. The van der Waals surface area contributed by atoms with E-state index in [9.17, 15) is 0 Å². The van der Waals surface area contributed by atoms with Crippen molar-refractivity contribution in [3.05, 3.63) is 51.1 Å². The van der Waals surface area contributed by atoms with Gasteiger partial charge in [-0.2, -0.15) is 14.7 Å². The Kier molecular flexibility index (Phi) is 12.3. The highest BCUT2D eigenvalue weighted by Gasteiger charge is 2.23. The summed E-state index contributed by atoms with van der Waals surface area (Å²) in [6, 6.07) is 4.75. The normalized spacial score (nSPS) is 16.3. The van der Waals surface area contributed by atoms with Crippen LogP contribution in [0.4, 0.5) is 5.82 Å². The van der Waals surface area contributed by atoms with Gasteiger partial charge in [0.2, 0.25) is 0 Å². The predicted octanol–water partition coefficient (Wildman–Crippen LogP) is 7.82. The molecule has 0 radical (unpaired) electrons. The van der Waals surface area contributed by atoms with Crippen LogP contribution in [0.25, 0.3) is 11.3 Å². The zero-order chi connectivity index (χ0) is 31.1. The molecular weight excluding hydrogens is 607 g/mol. The number of anilines is 1. The minimum absolute atomic E-state index is 0.356. The summed E-state index contributed by atoms with van der Waals surface area (Å²) in [5, 5.41) is 13.4. The Morgan fingerprint density at radius 3 is 1.88 bits per heavy atom. The van der Waals surface area contributed by atoms with Crippen molar-refractivity contribution in [2.24, 2.45) is 0 Å². The highest BCUT2D eigenvalue weighted by atomic mass is 35.5. The van der Waals surface area contributed by atoms with Gasteiger partial charge in [0.15, 0.2) is 11.3 Å². The van der Waals surface area contributed by atoms with Gasteiger partial charge in [0.1, 0.15) is 21.3 Å². The van der Waals surface area contributed by atoms with Crippen LogP contribution < -0.4 is 10.2 Å². The first-order chi connectivity index (χ1) is 20.6. The quantitative estimate of drug-likeness (QED) is 0.220. The van der Waals surface area contributed by atoms with E-state index in [4.69, 9.17) is 39.5 Å². The van der Waals surface area contributed by atoms with Gasteiger partial charge in [0.05, 0.1) is 12.4 Å². The summed E-state index contributed by atoms with van der Waals surface area (Å²) in [4.78, 5) is 10.9. The standard InChI is InChI=1S/C15H21ClN4O.C9H9Cl2N3.C7H15N/c1-10(2)12-9-17-20-14(8-13(16)18-15(12)20)19(3)11-4-6-21-7-5-11;1-5(2)6-4-12-14-8(11)3-7(10)13-9(6)14;1-8-7-5-3-2-4-6-7/h8-11H,4-7H2,1-3H3;3-5H,1-2H3;7-8H,2-6H2,1H3. The molecule has 1 saturated heterocycles. The van der Waals surface area contributed by atoms with E-state index in [1.54, 1.807) is 16.8 Å². The molecule has 12 heteroatoms. The maximum Gasteiger partial charge on any atom is 0.162 e. The number of halogens is 3. The number of fused-ring (bicyclic) bond motifs is 2. The third kappa shape index (κ3) is 8.51. The number of aromatic nitrogens is 6. The zero-order valence-electron chi connectivity index (χ0n) is 26.2. The average Bonchev–Trinajstić information content (AvgIpc) is 3.63. The molecule has 2 fully saturated rings. The Hall–Kier alpha value is -2.17. The number of nitrogens with one attached hydrogen (secondary N) is 1. The molecule has 6 rings (SSSR count). The number of hydrogen-bond acceptors (Lipinski definition) is 7. The highest BCUT2D eigenvalue weighted by Crippen LogP contribution is 2.28. The number of hydrogen-bond donors (Lipinski definition) is 1. The predicted molar refractivity (Wildman–Crippen MR) is 177 cm³/mol. The van der Waals surface area contributed by atoms with Crippen molar-refractivity contribution < 1.29 is 4.74 Å². The summed E-state index contributed by atoms with van der Waals surface area (Å²) in [5.74, 6) is 1.72. The fraction of sp³-hybridized carbons (Fsp3) is 0.613. The first-order valence-corrected chi connectivity index (χ1v) is 16.5. The number of rotatable bonds is 5. The molecule has 4 aromatic rings. The van der Waals surface area contributed by atoms with E-state index in [-0.39, 0.29) is 0 Å². The zero-order valence-corrected chi connectivity index (χ0v) is 28.4. The average molecular weight is 652 g/mol. The molecule has 1 saturated carbocycles. The maximum atomic E-state index is 6.24. The van der Waals surface area contributed by atoms with Crippen LogP contribution in [0.5, 0.6) is 0 Å². The van der Waals surface area contributed by atoms with Gasteiger partial charge < -0.3 is 15.0 Å². The minimum Gasteiger partial charge on any atom is -0.381 e. The van der Waals surface area contributed by atoms with Gasteiger partial charge in [-0.3, -0.25) is 0 Å². The van der Waals surface area contributed by atoms with Crippen LogP contribution in [0.15, 0.2) is 24.5 Å². The molecule has 0 unspecified atom stereocenters. The Morgan fingerprint density at radius 2 is 1.35 bits per heavy atom. The first-order valence-electron chi connectivity index (χ1n) is 15.3. The summed E-state index contributed by atoms with van der Waals surface area (Å²) >= 11 is 18.0. The highest BCUT2D eigenvalue weighted by molar-refractivity contribution is 6.33. The molecule has 9 nitrogen and oxygen atoms in total. The SMILES string of the molecule is CC(C)c1cnn2c(Cl)cc(Cl)nc12.CC(C)c1cnn2c(N(C)C3CCOCC3)cc(Cl)nc12.CNC1CCCCC1. The molecule has 1 aliphatic heterocycles. The molecule has 0 aromatic carbocycles. The largest absolute Gasteiger partial charge is 0.381 e. The van der Waals surface area contributed by atoms with Gasteiger partial charge in [-0.25, -0.2) is 14.5 Å². The second-order valence-electron chi connectivity index (χ2n) is 11.9. The molecular formula is C31H45Cl3N8O. The van der Waals surface area contributed by atoms with Crippen molar-refractivity contribution in [1.82, 2.24) is 34.5 Å². The van der Waals surface area contributed by atoms with Crippen molar-refractivity contribution in [2.75, 3.05) is 32.2 Å². The van der Waals surface area contributed by atoms with E-state index < -0.39 is 0 Å². The van der Waals surface area contributed by atoms with E-state index in [0.717, 1.165) is 60.3 Å². The molecule has 0 amide bonds. The lowest BCUT2D eigenvalue weighted by Crippen LogP contribution is -2.37. The summed E-state index contributed by atoms with van der Waals surface area (Å²) in [5.41, 5.74) is 3.76. The fourth-order valence-corrected chi connectivity index (χ4v) is 6.21. The lowest BCUT2D eigenvalue weighted by atomic mass is 9.96. The van der Waals surface area contributed by atoms with Crippen LogP contribution in [0.1, 0.15) is 95.6 Å². The molecule has 0 atom stereocenters. The van der Waals surface area contributed by atoms with Gasteiger partial charge in [-0.15, -0.1) is 0 Å². The van der Waals surface area contributed by atoms with E-state index in [0.29, 0.717) is 33.3 Å². The van der Waals surface area contributed by atoms with E-state index in [2.05, 4.69) is 72.2 Å². The Labute approximate surface area is 270 Å². The smallest absolute Gasteiger partial charge is 0.162 e. The van der Waals surface area contributed by atoms with Crippen LogP contribution in [0.3, 0.4) is 0 Å².